The lowest BCUT2D eigenvalue weighted by Crippen LogP contribution is -2.04. The standard InChI is InChI=1S/C5H10O/c1-5(2,3)4-6/h4,6H,1H2,2-3H3. The first kappa shape index (κ1) is 5.96. The fraction of sp³-hybridized carbons (Fsp3) is 0.600. The second kappa shape index (κ2) is 1.61. The summed E-state index contributed by atoms with van der Waals surface area (Å²) >= 11 is 0. The van der Waals surface area contributed by atoms with Crippen molar-refractivity contribution < 1.29 is 5.11 Å². The van der Waals surface area contributed by atoms with Crippen LogP contribution in [-0.2, 0) is 0 Å². The molecule has 6 heavy (non-hydrogen) atoms. The van der Waals surface area contributed by atoms with Crippen molar-refractivity contribution in [2.24, 2.45) is 5.41 Å². The van der Waals surface area contributed by atoms with Crippen LogP contribution in [0.15, 0.2) is 0 Å². The Bertz CT molecular complexity index is 33.7. The van der Waals surface area contributed by atoms with Crippen LogP contribution in [0.3, 0.4) is 0 Å². The molecule has 0 heterocycles. The quantitative estimate of drug-likeness (QED) is 0.511. The van der Waals surface area contributed by atoms with Crippen molar-refractivity contribution in [3.05, 3.63) is 13.5 Å². The molecule has 1 nitrogen and oxygen atoms in total. The highest BCUT2D eigenvalue weighted by atomic mass is 16.3. The van der Waals surface area contributed by atoms with Gasteiger partial charge >= 0.3 is 0 Å². The van der Waals surface area contributed by atoms with Crippen molar-refractivity contribution in [3.63, 3.8) is 0 Å². The third-order valence-electron chi connectivity index (χ3n) is 0.349. The second-order valence-electron chi connectivity index (χ2n) is 2.12. The van der Waals surface area contributed by atoms with Crippen molar-refractivity contribution in [1.29, 1.82) is 0 Å². The molecule has 1 heteroatoms. The average Bonchev–Trinajstić information content (AvgIpc) is 1.35. The molecule has 0 aliphatic heterocycles. The summed E-state index contributed by atoms with van der Waals surface area (Å²) in [6, 6.07) is 0. The summed E-state index contributed by atoms with van der Waals surface area (Å²) in [5, 5.41) is 8.22. The highest BCUT2D eigenvalue weighted by Crippen LogP contribution is 2.12. The van der Waals surface area contributed by atoms with E-state index in [1.54, 1.807) is 0 Å². The molecule has 0 rings (SSSR count). The van der Waals surface area contributed by atoms with Crippen LogP contribution in [0.1, 0.15) is 13.8 Å². The van der Waals surface area contributed by atoms with E-state index in [0.29, 0.717) is 0 Å². The van der Waals surface area contributed by atoms with Crippen LogP contribution in [0.25, 0.3) is 0 Å². The molecule has 0 fully saturated rings. The molecule has 0 atom stereocenters. The predicted octanol–water partition coefficient (Wildman–Crippen LogP) is 1.38. The zero-order valence-corrected chi connectivity index (χ0v) is 4.23. The highest BCUT2D eigenvalue weighted by molar-refractivity contribution is 4.77. The molecule has 0 saturated carbocycles. The molecule has 0 unspecified atom stereocenters. The third-order valence-corrected chi connectivity index (χ3v) is 0.349. The van der Waals surface area contributed by atoms with E-state index in [1.807, 2.05) is 13.8 Å². The minimum Gasteiger partial charge on any atom is -0.390 e. The number of rotatable bonds is 1. The van der Waals surface area contributed by atoms with Gasteiger partial charge in [0.05, 0.1) is 6.61 Å². The number of aliphatic hydroxyl groups is 1. The van der Waals surface area contributed by atoms with E-state index in [-0.39, 0.29) is 5.41 Å². The summed E-state index contributed by atoms with van der Waals surface area (Å²) < 4.78 is 0. The Kier molecular flexibility index (Phi) is 1.59. The maximum atomic E-state index is 8.22. The van der Waals surface area contributed by atoms with Crippen molar-refractivity contribution in [2.45, 2.75) is 13.8 Å². The van der Waals surface area contributed by atoms with Crippen molar-refractivity contribution in [3.8, 4) is 0 Å². The molecular formula is C5H10O. The summed E-state index contributed by atoms with van der Waals surface area (Å²) in [6.45, 7) is 8.31. The number of aliphatic hydroxyl groups excluding tert-OH is 1. The summed E-state index contributed by atoms with van der Waals surface area (Å²) in [5.41, 5.74) is -0.278. The first-order chi connectivity index (χ1) is 2.56. The van der Waals surface area contributed by atoms with Crippen molar-refractivity contribution >= 4 is 0 Å². The zero-order chi connectivity index (χ0) is 5.21. The number of hydrogen-bond donors (Lipinski definition) is 1. The van der Waals surface area contributed by atoms with Gasteiger partial charge in [-0.25, -0.2) is 0 Å². The smallest absolute Gasteiger partial charge is 0.0855 e. The van der Waals surface area contributed by atoms with Gasteiger partial charge in [0.25, 0.3) is 0 Å². The van der Waals surface area contributed by atoms with E-state index in [9.17, 15) is 0 Å². The normalized spacial score (nSPS) is 12.0. The van der Waals surface area contributed by atoms with Crippen molar-refractivity contribution in [1.82, 2.24) is 0 Å². The van der Waals surface area contributed by atoms with Gasteiger partial charge in [-0.15, -0.1) is 0 Å². The summed E-state index contributed by atoms with van der Waals surface area (Å²) in [7, 11) is 0. The molecule has 0 saturated heterocycles. The SMILES string of the molecule is [CH2]C(C)(C)[CH]O. The van der Waals surface area contributed by atoms with Crippen LogP contribution >= 0.6 is 0 Å². The van der Waals surface area contributed by atoms with E-state index in [1.165, 1.54) is 0 Å². The third kappa shape index (κ3) is 3.96. The second-order valence-corrected chi connectivity index (χ2v) is 2.12. The van der Waals surface area contributed by atoms with Gasteiger partial charge in [0.1, 0.15) is 0 Å². The van der Waals surface area contributed by atoms with E-state index in [4.69, 9.17) is 5.11 Å². The minimum atomic E-state index is -0.278. The lowest BCUT2D eigenvalue weighted by Gasteiger charge is -2.10. The highest BCUT2D eigenvalue weighted by Gasteiger charge is 2.06. The summed E-state index contributed by atoms with van der Waals surface area (Å²) in [5.74, 6) is 0. The van der Waals surface area contributed by atoms with E-state index >= 15 is 0 Å². The molecule has 0 bridgehead atoms. The van der Waals surface area contributed by atoms with Gasteiger partial charge in [-0.05, 0) is 12.3 Å². The maximum Gasteiger partial charge on any atom is 0.0855 e. The monoisotopic (exact) mass is 86.1 g/mol. The Morgan fingerprint density at radius 1 is 1.67 bits per heavy atom. The fourth-order valence-corrected chi connectivity index (χ4v) is 0. The molecule has 0 aromatic carbocycles. The van der Waals surface area contributed by atoms with Crippen molar-refractivity contribution in [2.75, 3.05) is 0 Å². The zero-order valence-electron chi connectivity index (χ0n) is 4.23. The molecule has 0 spiro atoms. The molecule has 36 valence electrons. The minimum absolute atomic E-state index is 0.278. The molecule has 1 N–H and O–H groups in total. The molecular weight excluding hydrogens is 76.1 g/mol. The molecule has 0 aromatic rings. The van der Waals surface area contributed by atoms with Crippen LogP contribution in [0, 0.1) is 18.9 Å². The van der Waals surface area contributed by atoms with Crippen LogP contribution in [0.4, 0.5) is 0 Å². The summed E-state index contributed by atoms with van der Waals surface area (Å²) in [4.78, 5) is 0. The van der Waals surface area contributed by atoms with Gasteiger partial charge in [-0.3, -0.25) is 0 Å². The first-order valence-corrected chi connectivity index (χ1v) is 1.90. The maximum absolute atomic E-state index is 8.22. The fourth-order valence-electron chi connectivity index (χ4n) is 0. The molecule has 2 radical (unpaired) electrons. The van der Waals surface area contributed by atoms with E-state index in [0.717, 1.165) is 6.61 Å². The first-order valence-electron chi connectivity index (χ1n) is 1.90. The Morgan fingerprint density at radius 3 is 1.83 bits per heavy atom. The average molecular weight is 86.1 g/mol. The topological polar surface area (TPSA) is 20.2 Å². The summed E-state index contributed by atoms with van der Waals surface area (Å²) in [6.07, 6.45) is 0. The van der Waals surface area contributed by atoms with Gasteiger partial charge in [0.15, 0.2) is 0 Å². The largest absolute Gasteiger partial charge is 0.390 e. The van der Waals surface area contributed by atoms with Crippen LogP contribution < -0.4 is 0 Å². The molecule has 0 amide bonds. The van der Waals surface area contributed by atoms with Gasteiger partial charge in [-0.1, -0.05) is 13.8 Å². The Morgan fingerprint density at radius 2 is 1.83 bits per heavy atom. The lowest BCUT2D eigenvalue weighted by molar-refractivity contribution is 0.286. The Hall–Kier alpha value is -0.0400. The molecule has 0 aliphatic carbocycles. The van der Waals surface area contributed by atoms with Gasteiger partial charge in [-0.2, -0.15) is 0 Å². The van der Waals surface area contributed by atoms with Crippen LogP contribution in [-0.4, -0.2) is 5.11 Å². The Labute approximate surface area is 39.0 Å². The van der Waals surface area contributed by atoms with Gasteiger partial charge in [0.2, 0.25) is 0 Å². The van der Waals surface area contributed by atoms with Crippen LogP contribution in [0.2, 0.25) is 0 Å². The molecule has 0 aromatic heterocycles. The Balaban J connectivity index is 3.17. The number of hydrogen-bond acceptors (Lipinski definition) is 1. The van der Waals surface area contributed by atoms with Gasteiger partial charge < -0.3 is 5.11 Å². The predicted molar refractivity (Wildman–Crippen MR) is 25.4 cm³/mol. The van der Waals surface area contributed by atoms with E-state index in [2.05, 4.69) is 6.92 Å². The van der Waals surface area contributed by atoms with Gasteiger partial charge in [0, 0.05) is 0 Å². The molecule has 0 aliphatic rings. The van der Waals surface area contributed by atoms with E-state index < -0.39 is 0 Å². The lowest BCUT2D eigenvalue weighted by atomic mass is 9.99. The van der Waals surface area contributed by atoms with Crippen LogP contribution in [0.5, 0.6) is 0 Å².